The monoisotopic (exact) mass is 486 g/mol. The SMILES string of the molecule is Cc1c(Br)cc(/C=N\NC(=O)Cc2ccc(Br)cc2)cc1Br. The molecule has 2 aromatic carbocycles. The van der Waals surface area contributed by atoms with E-state index < -0.39 is 0 Å². The van der Waals surface area contributed by atoms with Crippen molar-refractivity contribution in [3.63, 3.8) is 0 Å². The third-order valence-electron chi connectivity index (χ3n) is 2.98. The summed E-state index contributed by atoms with van der Waals surface area (Å²) in [5, 5.41) is 3.99. The first-order valence-corrected chi connectivity index (χ1v) is 8.85. The lowest BCUT2D eigenvalue weighted by molar-refractivity contribution is -0.120. The minimum atomic E-state index is -0.149. The van der Waals surface area contributed by atoms with Gasteiger partial charge in [-0.05, 0) is 47.9 Å². The fourth-order valence-corrected chi connectivity index (χ4v) is 3.23. The second-order valence-electron chi connectivity index (χ2n) is 4.71. The van der Waals surface area contributed by atoms with Crippen LogP contribution in [0.15, 0.2) is 54.9 Å². The molecule has 0 unspecified atom stereocenters. The molecule has 114 valence electrons. The van der Waals surface area contributed by atoms with Crippen LogP contribution in [0, 0.1) is 6.92 Å². The summed E-state index contributed by atoms with van der Waals surface area (Å²) in [6.45, 7) is 2.01. The van der Waals surface area contributed by atoms with Gasteiger partial charge < -0.3 is 0 Å². The Labute approximate surface area is 154 Å². The van der Waals surface area contributed by atoms with Gasteiger partial charge >= 0.3 is 0 Å². The van der Waals surface area contributed by atoms with Gasteiger partial charge in [0.1, 0.15) is 0 Å². The molecule has 1 amide bonds. The lowest BCUT2D eigenvalue weighted by Gasteiger charge is -2.04. The van der Waals surface area contributed by atoms with Crippen molar-refractivity contribution in [1.82, 2.24) is 5.43 Å². The largest absolute Gasteiger partial charge is 0.273 e. The van der Waals surface area contributed by atoms with Crippen LogP contribution < -0.4 is 5.43 Å². The van der Waals surface area contributed by atoms with Gasteiger partial charge in [0.05, 0.1) is 12.6 Å². The number of carbonyl (C=O) groups is 1. The summed E-state index contributed by atoms with van der Waals surface area (Å²) in [5.74, 6) is -0.149. The third kappa shape index (κ3) is 5.04. The number of halogens is 3. The predicted molar refractivity (Wildman–Crippen MR) is 100 cm³/mol. The minimum absolute atomic E-state index is 0.149. The number of carbonyl (C=O) groups excluding carboxylic acids is 1. The first kappa shape index (κ1) is 17.4. The van der Waals surface area contributed by atoms with E-state index in [2.05, 4.69) is 58.3 Å². The second kappa shape index (κ2) is 8.04. The van der Waals surface area contributed by atoms with Gasteiger partial charge in [0.2, 0.25) is 5.91 Å². The summed E-state index contributed by atoms with van der Waals surface area (Å²) in [6.07, 6.45) is 1.92. The van der Waals surface area contributed by atoms with Gasteiger partial charge in [-0.3, -0.25) is 4.79 Å². The molecule has 0 heterocycles. The number of amides is 1. The Morgan fingerprint density at radius 2 is 1.73 bits per heavy atom. The highest BCUT2D eigenvalue weighted by molar-refractivity contribution is 9.11. The molecule has 0 fully saturated rings. The van der Waals surface area contributed by atoms with Crippen molar-refractivity contribution in [2.24, 2.45) is 5.10 Å². The standard InChI is InChI=1S/C16H13Br3N2O/c1-10-14(18)6-12(7-15(10)19)9-20-21-16(22)8-11-2-4-13(17)5-3-11/h2-7,9H,8H2,1H3,(H,21,22)/b20-9-. The van der Waals surface area contributed by atoms with Crippen molar-refractivity contribution < 1.29 is 4.79 Å². The van der Waals surface area contributed by atoms with Crippen LogP contribution >= 0.6 is 47.8 Å². The van der Waals surface area contributed by atoms with Crippen LogP contribution in [-0.4, -0.2) is 12.1 Å². The first-order chi connectivity index (χ1) is 10.5. The zero-order valence-corrected chi connectivity index (χ0v) is 16.5. The van der Waals surface area contributed by atoms with E-state index >= 15 is 0 Å². The molecule has 0 bridgehead atoms. The molecule has 0 atom stereocenters. The van der Waals surface area contributed by atoms with E-state index in [0.717, 1.165) is 30.1 Å². The summed E-state index contributed by atoms with van der Waals surface area (Å²) >= 11 is 10.3. The second-order valence-corrected chi connectivity index (χ2v) is 7.33. The lowest BCUT2D eigenvalue weighted by Crippen LogP contribution is -2.19. The van der Waals surface area contributed by atoms with E-state index in [-0.39, 0.29) is 5.91 Å². The van der Waals surface area contributed by atoms with Crippen LogP contribution in [-0.2, 0) is 11.2 Å². The lowest BCUT2D eigenvalue weighted by atomic mass is 10.1. The van der Waals surface area contributed by atoms with Crippen molar-refractivity contribution in [3.05, 3.63) is 66.5 Å². The quantitative estimate of drug-likeness (QED) is 0.479. The average Bonchev–Trinajstić information content (AvgIpc) is 2.47. The number of hydrazone groups is 1. The molecule has 6 heteroatoms. The number of nitrogens with one attached hydrogen (secondary N) is 1. The van der Waals surface area contributed by atoms with Gasteiger partial charge in [-0.1, -0.05) is 59.9 Å². The molecule has 0 aliphatic heterocycles. The van der Waals surface area contributed by atoms with Crippen LogP contribution in [0.2, 0.25) is 0 Å². The molecule has 1 N–H and O–H groups in total. The third-order valence-corrected chi connectivity index (χ3v) is 5.16. The zero-order valence-electron chi connectivity index (χ0n) is 11.7. The molecule has 0 spiro atoms. The molecule has 2 aromatic rings. The van der Waals surface area contributed by atoms with Crippen molar-refractivity contribution in [2.45, 2.75) is 13.3 Å². The Balaban J connectivity index is 1.94. The van der Waals surface area contributed by atoms with Crippen LogP contribution in [0.1, 0.15) is 16.7 Å². The minimum Gasteiger partial charge on any atom is -0.273 e. The molecule has 0 aliphatic carbocycles. The maximum Gasteiger partial charge on any atom is 0.244 e. The molecule has 0 saturated heterocycles. The Morgan fingerprint density at radius 1 is 1.14 bits per heavy atom. The maximum atomic E-state index is 11.8. The van der Waals surface area contributed by atoms with E-state index in [9.17, 15) is 4.79 Å². The highest BCUT2D eigenvalue weighted by Gasteiger charge is 2.03. The first-order valence-electron chi connectivity index (χ1n) is 6.47. The van der Waals surface area contributed by atoms with E-state index in [1.54, 1.807) is 6.21 Å². The van der Waals surface area contributed by atoms with Gasteiger partial charge in [0.15, 0.2) is 0 Å². The van der Waals surface area contributed by atoms with E-state index in [1.165, 1.54) is 0 Å². The molecule has 2 rings (SSSR count). The maximum absolute atomic E-state index is 11.8. The normalized spacial score (nSPS) is 10.9. The number of hydrogen-bond acceptors (Lipinski definition) is 2. The zero-order chi connectivity index (χ0) is 16.1. The van der Waals surface area contributed by atoms with E-state index in [0.29, 0.717) is 6.42 Å². The fraction of sp³-hybridized carbons (Fsp3) is 0.125. The fourth-order valence-electron chi connectivity index (χ4n) is 1.75. The highest BCUT2D eigenvalue weighted by Crippen LogP contribution is 2.25. The van der Waals surface area contributed by atoms with Crippen molar-refractivity contribution in [1.29, 1.82) is 0 Å². The molecular formula is C16H13Br3N2O. The van der Waals surface area contributed by atoms with Gasteiger partial charge in [-0.15, -0.1) is 0 Å². The molecule has 0 aromatic heterocycles. The summed E-state index contributed by atoms with van der Waals surface area (Å²) in [6, 6.07) is 11.5. The number of nitrogens with zero attached hydrogens (tertiary/aromatic N) is 1. The molecule has 22 heavy (non-hydrogen) atoms. The van der Waals surface area contributed by atoms with Crippen LogP contribution in [0.25, 0.3) is 0 Å². The number of rotatable bonds is 4. The topological polar surface area (TPSA) is 41.5 Å². The van der Waals surface area contributed by atoms with Crippen LogP contribution in [0.5, 0.6) is 0 Å². The van der Waals surface area contributed by atoms with E-state index in [1.807, 2.05) is 43.3 Å². The molecule has 0 radical (unpaired) electrons. The van der Waals surface area contributed by atoms with Gasteiger partial charge in [0, 0.05) is 13.4 Å². The summed E-state index contributed by atoms with van der Waals surface area (Å²) < 4.78 is 2.97. The van der Waals surface area contributed by atoms with Crippen molar-refractivity contribution in [3.8, 4) is 0 Å². The Morgan fingerprint density at radius 3 is 2.32 bits per heavy atom. The van der Waals surface area contributed by atoms with Crippen LogP contribution in [0.4, 0.5) is 0 Å². The van der Waals surface area contributed by atoms with Gasteiger partial charge in [0.25, 0.3) is 0 Å². The molecule has 3 nitrogen and oxygen atoms in total. The summed E-state index contributed by atoms with van der Waals surface area (Å²) in [7, 11) is 0. The molecule has 0 aliphatic rings. The average molecular weight is 489 g/mol. The van der Waals surface area contributed by atoms with E-state index in [4.69, 9.17) is 0 Å². The highest BCUT2D eigenvalue weighted by atomic mass is 79.9. The van der Waals surface area contributed by atoms with Crippen molar-refractivity contribution >= 4 is 59.9 Å². The summed E-state index contributed by atoms with van der Waals surface area (Å²) in [4.78, 5) is 11.8. The Bertz CT molecular complexity index is 689. The molecular weight excluding hydrogens is 476 g/mol. The van der Waals surface area contributed by atoms with Gasteiger partial charge in [-0.25, -0.2) is 5.43 Å². The van der Waals surface area contributed by atoms with Crippen molar-refractivity contribution in [2.75, 3.05) is 0 Å². The van der Waals surface area contributed by atoms with Gasteiger partial charge in [-0.2, -0.15) is 5.10 Å². The predicted octanol–water partition coefficient (Wildman–Crippen LogP) is 4.98. The summed E-state index contributed by atoms with van der Waals surface area (Å²) in [5.41, 5.74) is 5.50. The smallest absolute Gasteiger partial charge is 0.244 e. The number of benzene rings is 2. The Hall–Kier alpha value is -0.980. The Kier molecular flexibility index (Phi) is 6.35. The number of hydrogen-bond donors (Lipinski definition) is 1. The molecule has 0 saturated carbocycles. The van der Waals surface area contributed by atoms with Crippen LogP contribution in [0.3, 0.4) is 0 Å².